The van der Waals surface area contributed by atoms with Crippen molar-refractivity contribution < 1.29 is 24.8 Å². The Balaban J connectivity index is 2.16. The molecule has 0 amide bonds. The van der Waals surface area contributed by atoms with Crippen LogP contribution in [0.3, 0.4) is 0 Å². The molecule has 3 N–H and O–H groups in total. The lowest BCUT2D eigenvalue weighted by molar-refractivity contribution is -0.325. The van der Waals surface area contributed by atoms with Crippen molar-refractivity contribution in [3.63, 3.8) is 0 Å². The van der Waals surface area contributed by atoms with Crippen molar-refractivity contribution >= 4 is 0 Å². The molecule has 0 aromatic carbocycles. The Kier molecular flexibility index (Phi) is 7.45. The molecule has 1 aliphatic heterocycles. The third-order valence-electron chi connectivity index (χ3n) is 5.89. The normalized spacial score (nSPS) is 37.6. The van der Waals surface area contributed by atoms with E-state index in [1.165, 1.54) is 11.1 Å². The first kappa shape index (κ1) is 21.6. The highest BCUT2D eigenvalue weighted by atomic mass is 16.7. The summed E-state index contributed by atoms with van der Waals surface area (Å²) in [6.07, 6.45) is 4.06. The van der Waals surface area contributed by atoms with Crippen molar-refractivity contribution in [1.82, 2.24) is 0 Å². The standard InChI is InChI=1S/C21H36O5/c1-13(2)7-6-12-21(5,16-10-8-14(3)9-11-16)26-20-19(24)18(23)17(22)15(4)25-20/h7-8,15-20,22-24H,6,9-12H2,1-5H3/t15-,16+,17+,18+,19-,20+,21?/m1/s1. The Morgan fingerprint density at radius 2 is 1.96 bits per heavy atom. The first-order valence-electron chi connectivity index (χ1n) is 9.80. The number of ether oxygens (including phenoxy) is 2. The molecule has 1 fully saturated rings. The van der Waals surface area contributed by atoms with E-state index in [2.05, 4.69) is 39.8 Å². The Morgan fingerprint density at radius 3 is 2.54 bits per heavy atom. The SMILES string of the molecule is CC(C)=CCCC(C)(O[C@@H]1O[C@H](C)[C@H](O)[C@H](O)[C@H]1O)[C@H]1CC=C(C)CC1. The van der Waals surface area contributed by atoms with Crippen LogP contribution < -0.4 is 0 Å². The summed E-state index contributed by atoms with van der Waals surface area (Å²) < 4.78 is 12.0. The number of rotatable bonds is 6. The molecule has 1 unspecified atom stereocenters. The summed E-state index contributed by atoms with van der Waals surface area (Å²) in [5, 5.41) is 30.4. The highest BCUT2D eigenvalue weighted by Gasteiger charge is 2.46. The minimum atomic E-state index is -1.26. The molecule has 1 aliphatic carbocycles. The highest BCUT2D eigenvalue weighted by Crippen LogP contribution is 2.40. The number of hydrogen-bond donors (Lipinski definition) is 3. The van der Waals surface area contributed by atoms with Gasteiger partial charge in [0.2, 0.25) is 0 Å². The molecule has 5 heteroatoms. The maximum atomic E-state index is 10.4. The van der Waals surface area contributed by atoms with E-state index in [9.17, 15) is 15.3 Å². The molecular formula is C21H36O5. The molecule has 1 heterocycles. The van der Waals surface area contributed by atoms with Crippen molar-refractivity contribution in [2.45, 2.75) is 103 Å². The van der Waals surface area contributed by atoms with Gasteiger partial charge < -0.3 is 24.8 Å². The van der Waals surface area contributed by atoms with E-state index in [-0.39, 0.29) is 0 Å². The van der Waals surface area contributed by atoms with Gasteiger partial charge in [-0.2, -0.15) is 0 Å². The second kappa shape index (κ2) is 8.98. The Labute approximate surface area is 157 Å². The van der Waals surface area contributed by atoms with Crippen molar-refractivity contribution in [2.24, 2.45) is 5.92 Å². The largest absolute Gasteiger partial charge is 0.388 e. The van der Waals surface area contributed by atoms with E-state index < -0.39 is 36.3 Å². The molecular weight excluding hydrogens is 332 g/mol. The second-order valence-corrected chi connectivity index (χ2v) is 8.45. The maximum Gasteiger partial charge on any atom is 0.187 e. The predicted octanol–water partition coefficient (Wildman–Crippen LogP) is 3.08. The zero-order chi connectivity index (χ0) is 19.5. The zero-order valence-corrected chi connectivity index (χ0v) is 16.8. The van der Waals surface area contributed by atoms with Crippen LogP contribution >= 0.6 is 0 Å². The topological polar surface area (TPSA) is 79.2 Å². The van der Waals surface area contributed by atoms with Crippen LogP contribution in [-0.2, 0) is 9.47 Å². The molecule has 2 aliphatic rings. The van der Waals surface area contributed by atoms with Gasteiger partial charge in [0.1, 0.15) is 18.3 Å². The molecule has 0 aromatic heterocycles. The van der Waals surface area contributed by atoms with Crippen LogP contribution in [0.5, 0.6) is 0 Å². The number of allylic oxidation sites excluding steroid dienone is 4. The number of aliphatic hydroxyl groups is 3. The van der Waals surface area contributed by atoms with Crippen LogP contribution in [0.15, 0.2) is 23.3 Å². The molecule has 1 saturated heterocycles. The lowest BCUT2D eigenvalue weighted by atomic mass is 9.76. The fraction of sp³-hybridized carbons (Fsp3) is 0.810. The van der Waals surface area contributed by atoms with Gasteiger partial charge in [-0.1, -0.05) is 23.3 Å². The summed E-state index contributed by atoms with van der Waals surface area (Å²) in [4.78, 5) is 0. The molecule has 0 radical (unpaired) electrons. The Morgan fingerprint density at radius 1 is 1.27 bits per heavy atom. The third-order valence-corrected chi connectivity index (χ3v) is 5.89. The fourth-order valence-corrected chi connectivity index (χ4v) is 3.90. The van der Waals surface area contributed by atoms with Gasteiger partial charge in [0, 0.05) is 0 Å². The first-order chi connectivity index (χ1) is 12.1. The lowest BCUT2D eigenvalue weighted by Crippen LogP contribution is -2.59. The van der Waals surface area contributed by atoms with Crippen LogP contribution in [0.4, 0.5) is 0 Å². The molecule has 2 rings (SSSR count). The van der Waals surface area contributed by atoms with E-state index in [0.29, 0.717) is 5.92 Å². The zero-order valence-electron chi connectivity index (χ0n) is 16.8. The summed E-state index contributed by atoms with van der Waals surface area (Å²) >= 11 is 0. The second-order valence-electron chi connectivity index (χ2n) is 8.45. The number of hydrogen-bond acceptors (Lipinski definition) is 5. The molecule has 0 aromatic rings. The quantitative estimate of drug-likeness (QED) is 0.628. The van der Waals surface area contributed by atoms with Gasteiger partial charge in [0.05, 0.1) is 11.7 Å². The van der Waals surface area contributed by atoms with Crippen molar-refractivity contribution in [3.05, 3.63) is 23.3 Å². The monoisotopic (exact) mass is 368 g/mol. The summed E-state index contributed by atoms with van der Waals surface area (Å²) in [5.41, 5.74) is 2.21. The molecule has 0 spiro atoms. The van der Waals surface area contributed by atoms with Crippen LogP contribution in [0.25, 0.3) is 0 Å². The maximum absolute atomic E-state index is 10.4. The van der Waals surface area contributed by atoms with E-state index >= 15 is 0 Å². The summed E-state index contributed by atoms with van der Waals surface area (Å²) in [7, 11) is 0. The van der Waals surface area contributed by atoms with Crippen LogP contribution in [-0.4, -0.2) is 51.6 Å². The fourth-order valence-electron chi connectivity index (χ4n) is 3.90. The van der Waals surface area contributed by atoms with Gasteiger partial charge in [-0.25, -0.2) is 0 Å². The summed E-state index contributed by atoms with van der Waals surface area (Å²) in [6, 6.07) is 0. The van der Waals surface area contributed by atoms with E-state index in [1.807, 2.05) is 0 Å². The third kappa shape index (κ3) is 5.17. The van der Waals surface area contributed by atoms with E-state index in [4.69, 9.17) is 9.47 Å². The van der Waals surface area contributed by atoms with E-state index in [0.717, 1.165) is 32.1 Å². The minimum Gasteiger partial charge on any atom is -0.388 e. The van der Waals surface area contributed by atoms with E-state index in [1.54, 1.807) is 6.92 Å². The van der Waals surface area contributed by atoms with Crippen LogP contribution in [0.1, 0.15) is 66.7 Å². The van der Waals surface area contributed by atoms with Gasteiger partial charge in [0.25, 0.3) is 0 Å². The predicted molar refractivity (Wildman–Crippen MR) is 102 cm³/mol. The minimum absolute atomic E-state index is 0.326. The van der Waals surface area contributed by atoms with Crippen molar-refractivity contribution in [2.75, 3.05) is 0 Å². The average Bonchev–Trinajstić information content (AvgIpc) is 2.58. The van der Waals surface area contributed by atoms with Gasteiger partial charge in [-0.05, 0) is 72.6 Å². The summed E-state index contributed by atoms with van der Waals surface area (Å²) in [6.45, 7) is 10.1. The smallest absolute Gasteiger partial charge is 0.187 e. The molecule has 0 saturated carbocycles. The average molecular weight is 369 g/mol. The Bertz CT molecular complexity index is 524. The molecule has 150 valence electrons. The van der Waals surface area contributed by atoms with Gasteiger partial charge in [-0.3, -0.25) is 0 Å². The molecule has 0 bridgehead atoms. The number of aliphatic hydroxyl groups excluding tert-OH is 3. The van der Waals surface area contributed by atoms with Gasteiger partial charge in [-0.15, -0.1) is 0 Å². The van der Waals surface area contributed by atoms with Crippen LogP contribution in [0, 0.1) is 5.92 Å². The Hall–Kier alpha value is -0.720. The van der Waals surface area contributed by atoms with Gasteiger partial charge in [0.15, 0.2) is 6.29 Å². The van der Waals surface area contributed by atoms with Crippen molar-refractivity contribution in [3.8, 4) is 0 Å². The molecule has 5 nitrogen and oxygen atoms in total. The first-order valence-corrected chi connectivity index (χ1v) is 9.80. The molecule has 26 heavy (non-hydrogen) atoms. The molecule has 7 atom stereocenters. The summed E-state index contributed by atoms with van der Waals surface area (Å²) in [5.74, 6) is 0.326. The van der Waals surface area contributed by atoms with Gasteiger partial charge >= 0.3 is 0 Å². The highest BCUT2D eigenvalue weighted by molar-refractivity contribution is 5.07. The van der Waals surface area contributed by atoms with Crippen LogP contribution in [0.2, 0.25) is 0 Å². The van der Waals surface area contributed by atoms with Crippen molar-refractivity contribution in [1.29, 1.82) is 0 Å². The lowest BCUT2D eigenvalue weighted by Gasteiger charge is -2.46.